The van der Waals surface area contributed by atoms with Crippen LogP contribution in [0.4, 0.5) is 0 Å². The van der Waals surface area contributed by atoms with Gasteiger partial charge in [0.25, 0.3) is 0 Å². The van der Waals surface area contributed by atoms with Crippen LogP contribution in [0.1, 0.15) is 11.7 Å². The van der Waals surface area contributed by atoms with Crippen molar-refractivity contribution in [2.75, 3.05) is 6.61 Å². The molecule has 0 fully saturated rings. The number of rotatable bonds is 5. The Morgan fingerprint density at radius 2 is 1.43 bits per heavy atom. The van der Waals surface area contributed by atoms with E-state index in [9.17, 15) is 10.2 Å². The normalized spacial score (nSPS) is 11.9. The van der Waals surface area contributed by atoms with Gasteiger partial charge in [0.15, 0.2) is 0 Å². The minimum atomic E-state index is -0.556. The number of phenols is 1. The summed E-state index contributed by atoms with van der Waals surface area (Å²) in [7, 11) is 0. The highest BCUT2D eigenvalue weighted by molar-refractivity contribution is 5.74. The number of para-hydroxylation sites is 1. The molecule has 1 unspecified atom stereocenters. The number of benzene rings is 3. The van der Waals surface area contributed by atoms with Crippen molar-refractivity contribution in [1.29, 1.82) is 0 Å². The predicted octanol–water partition coefficient (Wildman–Crippen LogP) is 4.17. The molecular formula is C20H18O3. The van der Waals surface area contributed by atoms with Crippen LogP contribution in [0.2, 0.25) is 0 Å². The van der Waals surface area contributed by atoms with Gasteiger partial charge in [-0.3, -0.25) is 0 Å². The SMILES string of the molecule is OCC(Oc1ccccc1)c1cccc(O)c1-[13c]1[13cH][13cH][13cH][13cH][13cH]1. The fourth-order valence-corrected chi connectivity index (χ4v) is 2.61. The Morgan fingerprint density at radius 3 is 2.09 bits per heavy atom. The fourth-order valence-electron chi connectivity index (χ4n) is 2.61. The number of hydrogen-bond acceptors (Lipinski definition) is 3. The van der Waals surface area contributed by atoms with Crippen LogP contribution >= 0.6 is 0 Å². The molecule has 0 heterocycles. The summed E-state index contributed by atoms with van der Waals surface area (Å²) in [5.74, 6) is 0.845. The first-order valence-electron chi connectivity index (χ1n) is 7.49. The largest absolute Gasteiger partial charge is 0.507 e. The maximum Gasteiger partial charge on any atom is 0.147 e. The quantitative estimate of drug-likeness (QED) is 0.743. The molecule has 1 atom stereocenters. The fraction of sp³-hybridized carbons (Fsp3) is 0.100. The average molecular weight is 312 g/mol. The first-order chi connectivity index (χ1) is 11.3. The lowest BCUT2D eigenvalue weighted by Crippen LogP contribution is -2.13. The second kappa shape index (κ2) is 6.99. The Balaban J connectivity index is 2.03. The molecule has 3 rings (SSSR count). The zero-order chi connectivity index (χ0) is 16.1. The summed E-state index contributed by atoms with van der Waals surface area (Å²) in [4.78, 5) is 0. The lowest BCUT2D eigenvalue weighted by molar-refractivity contribution is 0.116. The van der Waals surface area contributed by atoms with Gasteiger partial charge in [-0.1, -0.05) is 60.7 Å². The van der Waals surface area contributed by atoms with Crippen molar-refractivity contribution in [3.63, 3.8) is 0 Å². The summed E-state index contributed by atoms with van der Waals surface area (Å²) < 4.78 is 5.91. The van der Waals surface area contributed by atoms with E-state index in [0.29, 0.717) is 11.3 Å². The molecule has 3 aromatic carbocycles. The molecule has 23 heavy (non-hydrogen) atoms. The second-order valence-corrected chi connectivity index (χ2v) is 5.21. The van der Waals surface area contributed by atoms with E-state index in [1.54, 1.807) is 12.1 Å². The maximum atomic E-state index is 10.3. The van der Waals surface area contributed by atoms with Crippen LogP contribution in [0.25, 0.3) is 11.1 Å². The van der Waals surface area contributed by atoms with Gasteiger partial charge in [0.05, 0.1) is 6.61 Å². The second-order valence-electron chi connectivity index (χ2n) is 5.21. The molecule has 0 amide bonds. The van der Waals surface area contributed by atoms with Gasteiger partial charge >= 0.3 is 0 Å². The highest BCUT2D eigenvalue weighted by Gasteiger charge is 2.19. The highest BCUT2D eigenvalue weighted by Crippen LogP contribution is 2.37. The van der Waals surface area contributed by atoms with Crippen molar-refractivity contribution in [2.45, 2.75) is 6.10 Å². The summed E-state index contributed by atoms with van der Waals surface area (Å²) in [5.41, 5.74) is 2.32. The van der Waals surface area contributed by atoms with Crippen molar-refractivity contribution in [3.05, 3.63) is 84.4 Å². The number of ether oxygens (including phenoxy) is 1. The Kier molecular flexibility index (Phi) is 4.60. The molecule has 3 nitrogen and oxygen atoms in total. The standard InChI is InChI=1S/C20H18O3/c21-14-19(23-16-10-5-2-6-11-16)17-12-7-13-18(22)20(17)15-8-3-1-4-9-15/h1-13,19,21-22H,14H2/i1+1,3+1,4+1,8+1,9+1,15+1. The average Bonchev–Trinajstić information content (AvgIpc) is 2.61. The van der Waals surface area contributed by atoms with Crippen LogP contribution in [-0.4, -0.2) is 16.8 Å². The van der Waals surface area contributed by atoms with Crippen molar-refractivity contribution < 1.29 is 14.9 Å². The van der Waals surface area contributed by atoms with Gasteiger partial charge in [0.1, 0.15) is 17.6 Å². The van der Waals surface area contributed by atoms with Gasteiger partial charge in [-0.2, -0.15) is 0 Å². The van der Waals surface area contributed by atoms with E-state index in [1.807, 2.05) is 66.7 Å². The number of aromatic hydroxyl groups is 1. The smallest absolute Gasteiger partial charge is 0.147 e. The van der Waals surface area contributed by atoms with Gasteiger partial charge in [-0.05, 0) is 23.8 Å². The minimum Gasteiger partial charge on any atom is -0.507 e. The monoisotopic (exact) mass is 312 g/mol. The maximum absolute atomic E-state index is 10.3. The van der Waals surface area contributed by atoms with Crippen molar-refractivity contribution in [2.24, 2.45) is 0 Å². The Labute approximate surface area is 135 Å². The summed E-state index contributed by atoms with van der Waals surface area (Å²) in [6, 6.07) is 24.2. The Bertz CT molecular complexity index is 754. The van der Waals surface area contributed by atoms with Gasteiger partial charge in [-0.25, -0.2) is 0 Å². The van der Waals surface area contributed by atoms with Crippen LogP contribution in [0.3, 0.4) is 0 Å². The molecule has 3 heteroatoms. The van der Waals surface area contributed by atoms with Crippen LogP contribution < -0.4 is 4.74 Å². The minimum absolute atomic E-state index is 0.170. The van der Waals surface area contributed by atoms with E-state index in [-0.39, 0.29) is 12.4 Å². The third-order valence-corrected chi connectivity index (χ3v) is 3.67. The zero-order valence-electron chi connectivity index (χ0n) is 12.6. The third-order valence-electron chi connectivity index (χ3n) is 3.67. The first kappa shape index (κ1) is 15.1. The zero-order valence-corrected chi connectivity index (χ0v) is 12.6. The van der Waals surface area contributed by atoms with E-state index < -0.39 is 6.10 Å². The predicted molar refractivity (Wildman–Crippen MR) is 90.4 cm³/mol. The van der Waals surface area contributed by atoms with Gasteiger partial charge in [0.2, 0.25) is 0 Å². The first-order valence-corrected chi connectivity index (χ1v) is 7.49. The molecule has 0 saturated carbocycles. The number of aliphatic hydroxyl groups excluding tert-OH is 1. The lowest BCUT2D eigenvalue weighted by Gasteiger charge is -2.21. The molecule has 0 aliphatic heterocycles. The van der Waals surface area contributed by atoms with E-state index in [0.717, 1.165) is 11.1 Å². The summed E-state index contributed by atoms with van der Waals surface area (Å²) >= 11 is 0. The van der Waals surface area contributed by atoms with Gasteiger partial charge in [-0.15, -0.1) is 0 Å². The van der Waals surface area contributed by atoms with E-state index in [2.05, 4.69) is 0 Å². The molecule has 0 bridgehead atoms. The topological polar surface area (TPSA) is 49.7 Å². The summed E-state index contributed by atoms with van der Waals surface area (Å²) in [5, 5.41) is 20.1. The number of phenolic OH excluding ortho intramolecular Hbond substituents is 1. The van der Waals surface area contributed by atoms with Crippen LogP contribution in [0.15, 0.2) is 78.9 Å². The lowest BCUT2D eigenvalue weighted by atomic mass is 10.0. The number of hydrogen-bond donors (Lipinski definition) is 2. The highest BCUT2D eigenvalue weighted by atomic mass is 16.5. The Morgan fingerprint density at radius 1 is 0.783 bits per heavy atom. The van der Waals surface area contributed by atoms with Crippen molar-refractivity contribution in [3.8, 4) is 22.6 Å². The molecule has 0 saturated heterocycles. The van der Waals surface area contributed by atoms with E-state index in [1.165, 1.54) is 0 Å². The third kappa shape index (κ3) is 3.35. The number of aliphatic hydroxyl groups is 1. The molecule has 3 aromatic rings. The molecule has 2 N–H and O–H groups in total. The molecule has 0 radical (unpaired) electrons. The van der Waals surface area contributed by atoms with Crippen molar-refractivity contribution in [1.82, 2.24) is 0 Å². The molecule has 0 aromatic heterocycles. The van der Waals surface area contributed by atoms with Crippen LogP contribution in [-0.2, 0) is 0 Å². The molecular weight excluding hydrogens is 294 g/mol. The molecule has 0 spiro atoms. The van der Waals surface area contributed by atoms with E-state index in [4.69, 9.17) is 4.74 Å². The molecule has 116 valence electrons. The van der Waals surface area contributed by atoms with E-state index >= 15 is 0 Å². The van der Waals surface area contributed by atoms with Crippen molar-refractivity contribution >= 4 is 0 Å². The molecule has 0 aliphatic carbocycles. The summed E-state index contributed by atoms with van der Waals surface area (Å²) in [6.45, 7) is -0.182. The van der Waals surface area contributed by atoms with Gasteiger partial charge < -0.3 is 14.9 Å². The van der Waals surface area contributed by atoms with Crippen LogP contribution in [0.5, 0.6) is 11.5 Å². The molecule has 0 aliphatic rings. The van der Waals surface area contributed by atoms with Gasteiger partial charge in [0, 0.05) is 11.1 Å². The Hall–Kier alpha value is -2.78. The summed E-state index contributed by atoms with van der Waals surface area (Å²) in [6.07, 6.45) is -0.556. The van der Waals surface area contributed by atoms with Crippen LogP contribution in [0, 0.1) is 0 Å².